The first kappa shape index (κ1) is 11.5. The lowest BCUT2D eigenvalue weighted by Gasteiger charge is -2.32. The smallest absolute Gasteiger partial charge is 0.397 e. The van der Waals surface area contributed by atoms with Crippen LogP contribution in [0.2, 0.25) is 0 Å². The summed E-state index contributed by atoms with van der Waals surface area (Å²) < 4.78 is 24.1. The van der Waals surface area contributed by atoms with Gasteiger partial charge in [-0.15, -0.1) is 0 Å². The van der Waals surface area contributed by atoms with E-state index in [1.54, 1.807) is 0 Å². The monoisotopic (exact) mass is 224 g/mol. The van der Waals surface area contributed by atoms with Gasteiger partial charge < -0.3 is 9.31 Å². The quantitative estimate of drug-likeness (QED) is 0.665. The molecule has 2 heterocycles. The van der Waals surface area contributed by atoms with E-state index in [1.165, 1.54) is 0 Å². The third kappa shape index (κ3) is 1.83. The summed E-state index contributed by atoms with van der Waals surface area (Å²) in [7, 11) is -0.634. The average molecular weight is 224 g/mol. The van der Waals surface area contributed by atoms with Crippen molar-refractivity contribution in [3.63, 3.8) is 0 Å². The molecule has 0 aromatic carbocycles. The van der Waals surface area contributed by atoms with Crippen molar-refractivity contribution >= 4 is 12.8 Å². The van der Waals surface area contributed by atoms with Crippen molar-refractivity contribution in [2.75, 3.05) is 0 Å². The third-order valence-electron chi connectivity index (χ3n) is 3.10. The van der Waals surface area contributed by atoms with Gasteiger partial charge in [-0.05, 0) is 27.7 Å². The molecule has 0 atom stereocenters. The lowest BCUT2D eigenvalue weighted by Crippen LogP contribution is -2.41. The molecule has 0 radical (unpaired) electrons. The van der Waals surface area contributed by atoms with E-state index < -0.39 is 24.1 Å². The third-order valence-corrected chi connectivity index (χ3v) is 3.10. The molecular formula is C10H14BFN2O2. The average Bonchev–Trinajstić information content (AvgIpc) is 2.37. The van der Waals surface area contributed by atoms with E-state index in [0.29, 0.717) is 5.72 Å². The lowest BCUT2D eigenvalue weighted by atomic mass is 9.89. The van der Waals surface area contributed by atoms with E-state index in [-0.39, 0.29) is 0 Å². The van der Waals surface area contributed by atoms with Crippen LogP contribution in [0.15, 0.2) is 12.4 Å². The normalized spacial score (nSPS) is 22.4. The maximum Gasteiger partial charge on any atom is 0.534 e. The van der Waals surface area contributed by atoms with Crippen LogP contribution >= 0.6 is 0 Å². The van der Waals surface area contributed by atoms with Crippen LogP contribution in [0.4, 0.5) is 4.39 Å². The van der Waals surface area contributed by atoms with Gasteiger partial charge in [0, 0.05) is 0 Å². The van der Waals surface area contributed by atoms with Gasteiger partial charge in [0.15, 0.2) is 11.5 Å². The molecule has 1 saturated heterocycles. The van der Waals surface area contributed by atoms with Gasteiger partial charge >= 0.3 is 7.12 Å². The zero-order valence-electron chi connectivity index (χ0n) is 9.82. The van der Waals surface area contributed by atoms with Gasteiger partial charge in [0.25, 0.3) is 0 Å². The van der Waals surface area contributed by atoms with Crippen LogP contribution in [-0.4, -0.2) is 28.3 Å². The van der Waals surface area contributed by atoms with Crippen molar-refractivity contribution < 1.29 is 13.7 Å². The van der Waals surface area contributed by atoms with E-state index >= 15 is 0 Å². The number of hydrogen-bond donors (Lipinski definition) is 0. The predicted molar refractivity (Wildman–Crippen MR) is 57.7 cm³/mol. The minimum atomic E-state index is -0.634. The van der Waals surface area contributed by atoms with E-state index in [9.17, 15) is 4.39 Å². The number of halogens is 1. The van der Waals surface area contributed by atoms with Crippen LogP contribution in [0.1, 0.15) is 27.7 Å². The zero-order valence-corrected chi connectivity index (χ0v) is 9.82. The van der Waals surface area contributed by atoms with Gasteiger partial charge in [0.2, 0.25) is 0 Å². The molecule has 1 aromatic heterocycles. The van der Waals surface area contributed by atoms with Crippen molar-refractivity contribution in [2.45, 2.75) is 38.9 Å². The minimum Gasteiger partial charge on any atom is -0.397 e. The first-order chi connectivity index (χ1) is 7.32. The number of aromatic nitrogens is 2. The van der Waals surface area contributed by atoms with E-state index in [2.05, 4.69) is 9.97 Å². The number of hydrogen-bond acceptors (Lipinski definition) is 4. The van der Waals surface area contributed by atoms with Crippen LogP contribution in [0.25, 0.3) is 0 Å². The molecule has 0 unspecified atom stereocenters. The van der Waals surface area contributed by atoms with Crippen LogP contribution in [0.3, 0.4) is 0 Å². The fourth-order valence-corrected chi connectivity index (χ4v) is 1.39. The molecule has 1 aliphatic rings. The highest BCUT2D eigenvalue weighted by Gasteiger charge is 2.53. The highest BCUT2D eigenvalue weighted by atomic mass is 19.1. The first-order valence-electron chi connectivity index (χ1n) is 5.15. The second kappa shape index (κ2) is 3.50. The molecule has 0 N–H and O–H groups in total. The van der Waals surface area contributed by atoms with Gasteiger partial charge in [-0.1, -0.05) is 0 Å². The van der Waals surface area contributed by atoms with Gasteiger partial charge in [-0.3, -0.25) is 0 Å². The molecule has 1 aromatic rings. The Morgan fingerprint density at radius 1 is 1.06 bits per heavy atom. The Hall–Kier alpha value is -1.01. The second-order valence-electron chi connectivity index (χ2n) is 4.85. The molecule has 0 spiro atoms. The summed E-state index contributed by atoms with van der Waals surface area (Å²) in [6.45, 7) is 7.76. The molecule has 0 saturated carbocycles. The molecule has 4 nitrogen and oxygen atoms in total. The number of nitrogens with zero attached hydrogens (tertiary/aromatic N) is 2. The Bertz CT molecular complexity index is 378. The summed E-state index contributed by atoms with van der Waals surface area (Å²) in [4.78, 5) is 7.71. The Balaban J connectivity index is 2.23. The largest absolute Gasteiger partial charge is 0.534 e. The van der Waals surface area contributed by atoms with E-state index in [1.807, 2.05) is 27.7 Å². The fourth-order valence-electron chi connectivity index (χ4n) is 1.39. The predicted octanol–water partition coefficient (Wildman–Crippen LogP) is 0.915. The molecule has 2 rings (SSSR count). The van der Waals surface area contributed by atoms with E-state index in [4.69, 9.17) is 9.31 Å². The summed E-state index contributed by atoms with van der Waals surface area (Å²) in [5, 5.41) is 0. The van der Waals surface area contributed by atoms with Gasteiger partial charge in [0.1, 0.15) is 0 Å². The molecule has 1 aliphatic heterocycles. The standard InChI is InChI=1S/C10H14BFN2O2/c1-9(2)10(3,4)16-11(15-9)8-13-5-7(12)6-14-8/h5-6H,1-4H3. The Kier molecular flexibility index (Phi) is 2.51. The SMILES string of the molecule is CC1(C)OB(c2ncc(F)cn2)OC1(C)C. The molecular weight excluding hydrogens is 210 g/mol. The van der Waals surface area contributed by atoms with Crippen molar-refractivity contribution in [2.24, 2.45) is 0 Å². The van der Waals surface area contributed by atoms with Gasteiger partial charge in [-0.2, -0.15) is 0 Å². The highest BCUT2D eigenvalue weighted by molar-refractivity contribution is 6.60. The van der Waals surface area contributed by atoms with Crippen molar-refractivity contribution in [3.8, 4) is 0 Å². The Labute approximate surface area is 94.3 Å². The van der Waals surface area contributed by atoms with Gasteiger partial charge in [0.05, 0.1) is 23.6 Å². The molecule has 6 heteroatoms. The van der Waals surface area contributed by atoms with Crippen molar-refractivity contribution in [1.82, 2.24) is 9.97 Å². The van der Waals surface area contributed by atoms with Crippen LogP contribution in [-0.2, 0) is 9.31 Å². The van der Waals surface area contributed by atoms with Gasteiger partial charge in [-0.25, -0.2) is 14.4 Å². The lowest BCUT2D eigenvalue weighted by molar-refractivity contribution is 0.00578. The van der Waals surface area contributed by atoms with E-state index in [0.717, 1.165) is 12.4 Å². The maximum absolute atomic E-state index is 12.7. The Morgan fingerprint density at radius 2 is 1.50 bits per heavy atom. The van der Waals surface area contributed by atoms with Crippen molar-refractivity contribution in [3.05, 3.63) is 18.2 Å². The molecule has 0 aliphatic carbocycles. The highest BCUT2D eigenvalue weighted by Crippen LogP contribution is 2.36. The maximum atomic E-state index is 12.7. The summed E-state index contributed by atoms with van der Waals surface area (Å²) >= 11 is 0. The Morgan fingerprint density at radius 3 is 1.94 bits per heavy atom. The first-order valence-corrected chi connectivity index (χ1v) is 5.15. The molecule has 0 amide bonds. The fraction of sp³-hybridized carbons (Fsp3) is 0.600. The molecule has 0 bridgehead atoms. The molecule has 86 valence electrons. The van der Waals surface area contributed by atoms with Crippen LogP contribution in [0.5, 0.6) is 0 Å². The minimum absolute atomic E-state index is 0.347. The summed E-state index contributed by atoms with van der Waals surface area (Å²) in [6.07, 6.45) is 2.21. The van der Waals surface area contributed by atoms with Crippen LogP contribution in [0, 0.1) is 5.82 Å². The topological polar surface area (TPSA) is 44.2 Å². The number of rotatable bonds is 1. The zero-order chi connectivity index (χ0) is 12.0. The van der Waals surface area contributed by atoms with Crippen molar-refractivity contribution in [1.29, 1.82) is 0 Å². The summed E-state index contributed by atoms with van der Waals surface area (Å²) in [6, 6.07) is 0. The van der Waals surface area contributed by atoms with Crippen LogP contribution < -0.4 is 5.72 Å². The summed E-state index contributed by atoms with van der Waals surface area (Å²) in [5.74, 6) is -0.472. The molecule has 1 fully saturated rings. The molecule has 16 heavy (non-hydrogen) atoms. The summed E-state index contributed by atoms with van der Waals surface area (Å²) in [5.41, 5.74) is -0.523. The second-order valence-corrected chi connectivity index (χ2v) is 4.85.